The van der Waals surface area contributed by atoms with E-state index < -0.39 is 29.1 Å². The first-order chi connectivity index (χ1) is 9.92. The van der Waals surface area contributed by atoms with Gasteiger partial charge in [0.15, 0.2) is 10.4 Å². The first-order valence-electron chi connectivity index (χ1n) is 5.56. The van der Waals surface area contributed by atoms with E-state index in [4.69, 9.17) is 4.42 Å². The van der Waals surface area contributed by atoms with Gasteiger partial charge in [0.2, 0.25) is 0 Å². The highest BCUT2D eigenvalue weighted by Crippen LogP contribution is 2.22. The summed E-state index contributed by atoms with van der Waals surface area (Å²) in [4.78, 5) is 23.1. The van der Waals surface area contributed by atoms with E-state index in [0.29, 0.717) is 10.7 Å². The Kier molecular flexibility index (Phi) is 4.37. The maximum absolute atomic E-state index is 13.6. The highest BCUT2D eigenvalue weighted by molar-refractivity contribution is 9.10. The third-order valence-electron chi connectivity index (χ3n) is 2.51. The monoisotopic (exact) mass is 359 g/mol. The van der Waals surface area contributed by atoms with Crippen molar-refractivity contribution in [3.05, 3.63) is 51.9 Å². The number of anilines is 1. The second-order valence-electron chi connectivity index (χ2n) is 3.86. The summed E-state index contributed by atoms with van der Waals surface area (Å²) in [6, 6.07) is 4.18. The number of carbonyl (C=O) groups is 2. The largest absolute Gasteiger partial charge is 0.465 e. The van der Waals surface area contributed by atoms with Crippen molar-refractivity contribution in [1.82, 2.24) is 0 Å². The van der Waals surface area contributed by atoms with Crippen molar-refractivity contribution >= 4 is 33.5 Å². The van der Waals surface area contributed by atoms with Crippen LogP contribution in [0.1, 0.15) is 20.9 Å². The van der Waals surface area contributed by atoms with E-state index in [2.05, 4.69) is 26.0 Å². The van der Waals surface area contributed by atoms with Gasteiger partial charge in [-0.2, -0.15) is 0 Å². The molecule has 1 N–H and O–H groups in total. The Morgan fingerprint density at radius 3 is 2.52 bits per heavy atom. The second-order valence-corrected chi connectivity index (χ2v) is 4.64. The Labute approximate surface area is 126 Å². The Morgan fingerprint density at radius 1 is 1.24 bits per heavy atom. The lowest BCUT2D eigenvalue weighted by Crippen LogP contribution is -2.14. The van der Waals surface area contributed by atoms with Crippen LogP contribution in [-0.2, 0) is 4.74 Å². The van der Waals surface area contributed by atoms with Crippen molar-refractivity contribution in [2.45, 2.75) is 0 Å². The van der Waals surface area contributed by atoms with Gasteiger partial charge in [-0.3, -0.25) is 4.79 Å². The van der Waals surface area contributed by atoms with Gasteiger partial charge in [0.1, 0.15) is 11.6 Å². The SMILES string of the molecule is COC(=O)c1cc(NC(=O)c2ccc(Br)o2)c(F)cc1F. The van der Waals surface area contributed by atoms with E-state index in [0.717, 1.165) is 13.2 Å². The normalized spacial score (nSPS) is 10.3. The molecule has 5 nitrogen and oxygen atoms in total. The predicted octanol–water partition coefficient (Wildman–Crippen LogP) is 3.36. The van der Waals surface area contributed by atoms with Crippen LogP contribution < -0.4 is 5.32 Å². The van der Waals surface area contributed by atoms with Crippen LogP contribution in [0.2, 0.25) is 0 Å². The molecule has 0 spiro atoms. The summed E-state index contributed by atoms with van der Waals surface area (Å²) in [5, 5.41) is 2.18. The number of esters is 1. The summed E-state index contributed by atoms with van der Waals surface area (Å²) in [6.07, 6.45) is 0. The summed E-state index contributed by atoms with van der Waals surface area (Å²) < 4.78 is 36.8. The fourth-order valence-corrected chi connectivity index (χ4v) is 1.84. The van der Waals surface area contributed by atoms with Crippen molar-refractivity contribution < 1.29 is 27.5 Å². The number of furan rings is 1. The molecule has 0 aliphatic heterocycles. The summed E-state index contributed by atoms with van der Waals surface area (Å²) in [5.41, 5.74) is -0.857. The van der Waals surface area contributed by atoms with Gasteiger partial charge in [-0.1, -0.05) is 0 Å². The lowest BCUT2D eigenvalue weighted by Gasteiger charge is -2.08. The molecule has 1 amide bonds. The first kappa shape index (κ1) is 15.2. The van der Waals surface area contributed by atoms with Gasteiger partial charge < -0.3 is 14.5 Å². The molecular formula is C13H8BrF2NO4. The molecule has 0 radical (unpaired) electrons. The van der Waals surface area contributed by atoms with Crippen molar-refractivity contribution in [3.8, 4) is 0 Å². The number of amides is 1. The number of ether oxygens (including phenoxy) is 1. The molecule has 1 heterocycles. The molecular weight excluding hydrogens is 352 g/mol. The van der Waals surface area contributed by atoms with Crippen molar-refractivity contribution in [2.24, 2.45) is 0 Å². The Balaban J connectivity index is 2.31. The van der Waals surface area contributed by atoms with Gasteiger partial charge in [-0.05, 0) is 34.1 Å². The number of rotatable bonds is 3. The van der Waals surface area contributed by atoms with Crippen LogP contribution in [0.25, 0.3) is 0 Å². The van der Waals surface area contributed by atoms with E-state index in [1.165, 1.54) is 12.1 Å². The van der Waals surface area contributed by atoms with E-state index in [-0.39, 0.29) is 11.4 Å². The van der Waals surface area contributed by atoms with Crippen LogP contribution in [-0.4, -0.2) is 19.0 Å². The van der Waals surface area contributed by atoms with Crippen molar-refractivity contribution in [1.29, 1.82) is 0 Å². The van der Waals surface area contributed by atoms with Gasteiger partial charge in [0.05, 0.1) is 18.4 Å². The third-order valence-corrected chi connectivity index (χ3v) is 2.93. The molecule has 0 unspecified atom stereocenters. The molecule has 0 saturated carbocycles. The average molecular weight is 360 g/mol. The minimum Gasteiger partial charge on any atom is -0.465 e. The maximum Gasteiger partial charge on any atom is 0.340 e. The van der Waals surface area contributed by atoms with Crippen LogP contribution in [0.4, 0.5) is 14.5 Å². The van der Waals surface area contributed by atoms with Gasteiger partial charge in [-0.15, -0.1) is 0 Å². The van der Waals surface area contributed by atoms with Gasteiger partial charge in [0, 0.05) is 6.07 Å². The van der Waals surface area contributed by atoms with E-state index in [1.54, 1.807) is 0 Å². The fraction of sp³-hybridized carbons (Fsp3) is 0.0769. The number of halogens is 3. The van der Waals surface area contributed by atoms with Gasteiger partial charge in [0.25, 0.3) is 5.91 Å². The molecule has 1 aromatic carbocycles. The molecule has 0 fully saturated rings. The average Bonchev–Trinajstić information content (AvgIpc) is 2.87. The summed E-state index contributed by atoms with van der Waals surface area (Å²) in [5.74, 6) is -3.92. The molecule has 0 aliphatic rings. The lowest BCUT2D eigenvalue weighted by molar-refractivity contribution is 0.0595. The summed E-state index contributed by atoms with van der Waals surface area (Å²) in [6.45, 7) is 0. The summed E-state index contributed by atoms with van der Waals surface area (Å²) in [7, 11) is 1.06. The maximum atomic E-state index is 13.6. The van der Waals surface area contributed by atoms with Crippen molar-refractivity contribution in [2.75, 3.05) is 12.4 Å². The van der Waals surface area contributed by atoms with E-state index in [1.807, 2.05) is 0 Å². The number of carbonyl (C=O) groups excluding carboxylic acids is 2. The smallest absolute Gasteiger partial charge is 0.340 e. The molecule has 2 aromatic rings. The number of methoxy groups -OCH3 is 1. The standard InChI is InChI=1S/C13H8BrF2NO4/c1-20-13(19)6-4-9(8(16)5-7(6)15)17-12(18)10-2-3-11(14)21-10/h2-5H,1H3,(H,17,18). The van der Waals surface area contributed by atoms with Gasteiger partial charge in [-0.25, -0.2) is 13.6 Å². The third kappa shape index (κ3) is 3.27. The minimum absolute atomic E-state index is 0.0785. The molecule has 110 valence electrons. The molecule has 0 bridgehead atoms. The molecule has 21 heavy (non-hydrogen) atoms. The fourth-order valence-electron chi connectivity index (χ4n) is 1.53. The van der Waals surface area contributed by atoms with E-state index >= 15 is 0 Å². The highest BCUT2D eigenvalue weighted by Gasteiger charge is 2.19. The van der Waals surface area contributed by atoms with Crippen LogP contribution in [0, 0.1) is 11.6 Å². The second kappa shape index (κ2) is 6.04. The predicted molar refractivity (Wildman–Crippen MR) is 72.1 cm³/mol. The molecule has 0 saturated heterocycles. The quantitative estimate of drug-likeness (QED) is 0.853. The van der Waals surface area contributed by atoms with Crippen LogP contribution >= 0.6 is 15.9 Å². The molecule has 0 atom stereocenters. The molecule has 2 rings (SSSR count). The number of benzene rings is 1. The van der Waals surface area contributed by atoms with Crippen LogP contribution in [0.5, 0.6) is 0 Å². The number of nitrogens with one attached hydrogen (secondary N) is 1. The van der Waals surface area contributed by atoms with Gasteiger partial charge >= 0.3 is 5.97 Å². The van der Waals surface area contributed by atoms with Crippen LogP contribution in [0.15, 0.2) is 33.4 Å². The Hall–Kier alpha value is -2.22. The number of hydrogen-bond acceptors (Lipinski definition) is 4. The van der Waals surface area contributed by atoms with E-state index in [9.17, 15) is 18.4 Å². The molecule has 8 heteroatoms. The molecule has 1 aromatic heterocycles. The summed E-state index contributed by atoms with van der Waals surface area (Å²) >= 11 is 3.02. The minimum atomic E-state index is -1.09. The Morgan fingerprint density at radius 2 is 1.95 bits per heavy atom. The number of hydrogen-bond donors (Lipinski definition) is 1. The first-order valence-corrected chi connectivity index (χ1v) is 6.35. The topological polar surface area (TPSA) is 68.5 Å². The zero-order valence-corrected chi connectivity index (χ0v) is 12.2. The highest BCUT2D eigenvalue weighted by atomic mass is 79.9. The lowest BCUT2D eigenvalue weighted by atomic mass is 10.1. The zero-order chi connectivity index (χ0) is 15.6. The molecule has 0 aliphatic carbocycles. The zero-order valence-electron chi connectivity index (χ0n) is 10.6. The van der Waals surface area contributed by atoms with Crippen LogP contribution in [0.3, 0.4) is 0 Å². The van der Waals surface area contributed by atoms with Crippen molar-refractivity contribution in [3.63, 3.8) is 0 Å². The Bertz CT molecular complexity index is 714.